The first-order chi connectivity index (χ1) is 32.7. The Labute approximate surface area is 403 Å². The maximum absolute atomic E-state index is 7.35. The fraction of sp³-hybridized carbons (Fsp3) is 0.574. The van der Waals surface area contributed by atoms with Crippen LogP contribution in [0.25, 0.3) is 0 Å². The highest BCUT2D eigenvalue weighted by Crippen LogP contribution is 2.67. The van der Waals surface area contributed by atoms with Crippen molar-refractivity contribution >= 4 is 0 Å². The molecule has 0 N–H and O–H groups in total. The molecule has 4 fully saturated rings. The molecule has 0 radical (unpaired) electrons. The van der Waals surface area contributed by atoms with E-state index in [-0.39, 0.29) is 11.5 Å². The van der Waals surface area contributed by atoms with Crippen LogP contribution in [-0.4, -0.2) is 43.4 Å². The fourth-order valence-electron chi connectivity index (χ4n) is 13.8. The molecule has 1 heterocycles. The minimum absolute atomic E-state index is 0.00236. The molecule has 1 saturated heterocycles. The summed E-state index contributed by atoms with van der Waals surface area (Å²) in [6, 6.07) is 41.5. The quantitative estimate of drug-likeness (QED) is 0.0824. The number of fused-ring (bicyclic) bond motifs is 5. The molecule has 0 aromatic heterocycles. The van der Waals surface area contributed by atoms with E-state index in [0.717, 1.165) is 77.0 Å². The van der Waals surface area contributed by atoms with E-state index in [9.17, 15) is 0 Å². The highest BCUT2D eigenvalue weighted by atomic mass is 16.7. The lowest BCUT2D eigenvalue weighted by atomic mass is 9.47. The SMILES string of the molecule is CC(C)CCC[C@@H](C)[C@H]1CCC2[C@@H]3CC=C4C[C@@H](O[C@@H]5OC(COCc6ccccc6)[C@H](OCc6ccccc6)C(OCc6ccccc6)C5OCc5ccccc5)CC[C@]4(C)[C@H]3CC[C@@]21C. The lowest BCUT2D eigenvalue weighted by Gasteiger charge is -2.58. The van der Waals surface area contributed by atoms with E-state index in [1.54, 1.807) is 5.57 Å². The predicted octanol–water partition coefficient (Wildman–Crippen LogP) is 14.1. The van der Waals surface area contributed by atoms with Gasteiger partial charge >= 0.3 is 0 Å². The number of allylic oxidation sites excluding steroid dienone is 1. The molecule has 67 heavy (non-hydrogen) atoms. The third-order valence-electron chi connectivity index (χ3n) is 17.4. The average Bonchev–Trinajstić information content (AvgIpc) is 3.71. The molecule has 4 aromatic carbocycles. The summed E-state index contributed by atoms with van der Waals surface area (Å²) < 4.78 is 42.1. The normalized spacial score (nSPS) is 33.1. The standard InChI is InChI=1S/C61H80O6/c1-43(2)19-18-20-44(3)52-31-32-53-51-30-29-49-37-50(33-35-60(49,4)54(51)34-36-61(52,53)5)66-59-58(65-41-48-27-16-9-17-28-48)57(64-40-47-25-14-8-15-26-47)56(63-39-46-23-12-7-13-24-46)55(67-59)42-62-38-45-21-10-6-11-22-45/h6-17,21-29,43-44,50-59H,18-20,30-42H2,1-5H3/t44-,50+,51+,52-,53?,54+,55?,56+,57?,58?,59-,60+,61-/m1/s1. The monoisotopic (exact) mass is 909 g/mol. The molecular formula is C61H80O6. The van der Waals surface area contributed by atoms with Gasteiger partial charge in [-0.3, -0.25) is 0 Å². The first kappa shape index (κ1) is 48.4. The van der Waals surface area contributed by atoms with Crippen LogP contribution >= 0.6 is 0 Å². The summed E-state index contributed by atoms with van der Waals surface area (Å²) in [7, 11) is 0. The Hall–Kier alpha value is -3.62. The fourth-order valence-corrected chi connectivity index (χ4v) is 13.8. The molecule has 0 amide bonds. The third kappa shape index (κ3) is 11.4. The highest BCUT2D eigenvalue weighted by molar-refractivity contribution is 5.26. The first-order valence-electron chi connectivity index (χ1n) is 26.3. The lowest BCUT2D eigenvalue weighted by Crippen LogP contribution is -2.62. The molecular weight excluding hydrogens is 829 g/mol. The first-order valence-corrected chi connectivity index (χ1v) is 26.3. The summed E-state index contributed by atoms with van der Waals surface area (Å²) >= 11 is 0. The van der Waals surface area contributed by atoms with Gasteiger partial charge in [0.05, 0.1) is 39.1 Å². The molecule has 360 valence electrons. The van der Waals surface area contributed by atoms with Crippen LogP contribution in [0, 0.1) is 46.3 Å². The predicted molar refractivity (Wildman–Crippen MR) is 268 cm³/mol. The molecule has 9 rings (SSSR count). The molecule has 6 nitrogen and oxygen atoms in total. The number of rotatable bonds is 20. The van der Waals surface area contributed by atoms with Crippen LogP contribution in [0.4, 0.5) is 0 Å². The van der Waals surface area contributed by atoms with Gasteiger partial charge in [-0.05, 0) is 120 Å². The second-order valence-electron chi connectivity index (χ2n) is 22.1. The molecule has 0 spiro atoms. The number of hydrogen-bond acceptors (Lipinski definition) is 6. The van der Waals surface area contributed by atoms with E-state index in [0.29, 0.717) is 38.4 Å². The van der Waals surface area contributed by atoms with Crippen LogP contribution < -0.4 is 0 Å². The van der Waals surface area contributed by atoms with E-state index >= 15 is 0 Å². The van der Waals surface area contributed by atoms with Gasteiger partial charge in [0.1, 0.15) is 24.4 Å². The van der Waals surface area contributed by atoms with Gasteiger partial charge in [0.15, 0.2) is 6.29 Å². The molecule has 6 heteroatoms. The topological polar surface area (TPSA) is 55.4 Å². The van der Waals surface area contributed by atoms with E-state index < -0.39 is 30.7 Å². The van der Waals surface area contributed by atoms with Crippen LogP contribution in [0.3, 0.4) is 0 Å². The van der Waals surface area contributed by atoms with Gasteiger partial charge in [-0.1, -0.05) is 187 Å². The smallest absolute Gasteiger partial charge is 0.187 e. The number of ether oxygens (including phenoxy) is 6. The molecule has 0 bridgehead atoms. The van der Waals surface area contributed by atoms with Gasteiger partial charge in [0.25, 0.3) is 0 Å². The van der Waals surface area contributed by atoms with E-state index in [2.05, 4.69) is 138 Å². The van der Waals surface area contributed by atoms with Crippen molar-refractivity contribution in [2.24, 2.45) is 46.3 Å². The Morgan fingerprint density at radius 2 is 1.16 bits per heavy atom. The van der Waals surface area contributed by atoms with Crippen molar-refractivity contribution in [1.29, 1.82) is 0 Å². The molecule has 5 aliphatic rings. The minimum atomic E-state index is -0.689. The Morgan fingerprint density at radius 1 is 0.597 bits per heavy atom. The summed E-state index contributed by atoms with van der Waals surface area (Å²) in [5.74, 6) is 4.89. The largest absolute Gasteiger partial charge is 0.374 e. The number of hydrogen-bond donors (Lipinski definition) is 0. The molecule has 4 aliphatic carbocycles. The van der Waals surface area contributed by atoms with E-state index in [4.69, 9.17) is 28.4 Å². The summed E-state index contributed by atoms with van der Waals surface area (Å²) in [6.07, 6.45) is 14.0. The second-order valence-corrected chi connectivity index (χ2v) is 22.1. The summed E-state index contributed by atoms with van der Waals surface area (Å²) in [5.41, 5.74) is 6.70. The lowest BCUT2D eigenvalue weighted by molar-refractivity contribution is -0.337. The van der Waals surface area contributed by atoms with Gasteiger partial charge in [0, 0.05) is 0 Å². The summed E-state index contributed by atoms with van der Waals surface area (Å²) in [4.78, 5) is 0. The Bertz CT molecular complexity index is 2130. The van der Waals surface area contributed by atoms with Crippen LogP contribution in [0.5, 0.6) is 0 Å². The van der Waals surface area contributed by atoms with Crippen LogP contribution in [-0.2, 0) is 54.8 Å². The van der Waals surface area contributed by atoms with Crippen molar-refractivity contribution in [2.75, 3.05) is 6.61 Å². The van der Waals surface area contributed by atoms with Gasteiger partial charge < -0.3 is 28.4 Å². The third-order valence-corrected chi connectivity index (χ3v) is 17.4. The molecule has 4 unspecified atom stereocenters. The van der Waals surface area contributed by atoms with Gasteiger partial charge in [-0.25, -0.2) is 0 Å². The Kier molecular flexibility index (Phi) is 16.2. The number of benzene rings is 4. The van der Waals surface area contributed by atoms with Crippen LogP contribution in [0.2, 0.25) is 0 Å². The molecule has 13 atom stereocenters. The van der Waals surface area contributed by atoms with E-state index in [1.807, 2.05) is 24.3 Å². The van der Waals surface area contributed by atoms with Crippen molar-refractivity contribution in [1.82, 2.24) is 0 Å². The maximum Gasteiger partial charge on any atom is 0.187 e. The molecule has 4 aromatic rings. The zero-order valence-electron chi connectivity index (χ0n) is 41.3. The Balaban J connectivity index is 0.963. The minimum Gasteiger partial charge on any atom is -0.374 e. The highest BCUT2D eigenvalue weighted by Gasteiger charge is 2.59. The van der Waals surface area contributed by atoms with Crippen molar-refractivity contribution in [2.45, 2.75) is 168 Å². The zero-order chi connectivity index (χ0) is 46.2. The zero-order valence-corrected chi connectivity index (χ0v) is 41.3. The van der Waals surface area contributed by atoms with Gasteiger partial charge in [-0.15, -0.1) is 0 Å². The van der Waals surface area contributed by atoms with Crippen LogP contribution in [0.15, 0.2) is 133 Å². The summed E-state index contributed by atoms with van der Waals surface area (Å²) in [6.45, 7) is 14.7. The van der Waals surface area contributed by atoms with Crippen molar-refractivity contribution in [3.05, 3.63) is 155 Å². The summed E-state index contributed by atoms with van der Waals surface area (Å²) in [5, 5.41) is 0. The van der Waals surface area contributed by atoms with Crippen molar-refractivity contribution in [3.63, 3.8) is 0 Å². The molecule has 1 aliphatic heterocycles. The van der Waals surface area contributed by atoms with Gasteiger partial charge in [-0.2, -0.15) is 0 Å². The van der Waals surface area contributed by atoms with Crippen molar-refractivity contribution in [3.8, 4) is 0 Å². The van der Waals surface area contributed by atoms with Crippen LogP contribution in [0.1, 0.15) is 128 Å². The van der Waals surface area contributed by atoms with E-state index in [1.165, 1.54) is 51.4 Å². The van der Waals surface area contributed by atoms with Gasteiger partial charge in [0.2, 0.25) is 0 Å². The Morgan fingerprint density at radius 3 is 1.76 bits per heavy atom. The second kappa shape index (κ2) is 22.4. The van der Waals surface area contributed by atoms with Crippen molar-refractivity contribution < 1.29 is 28.4 Å². The molecule has 3 saturated carbocycles. The average molecular weight is 909 g/mol. The maximum atomic E-state index is 7.35.